The molecule has 0 aromatic heterocycles. The molecule has 0 bridgehead atoms. The number of rotatable bonds is 27. The molecule has 312 valence electrons. The maximum atomic E-state index is 15.4. The van der Waals surface area contributed by atoms with Crippen molar-refractivity contribution in [3.8, 4) is 0 Å². The third-order valence-corrected chi connectivity index (χ3v) is 13.5. The molecule has 2 aliphatic carbocycles. The van der Waals surface area contributed by atoms with Crippen molar-refractivity contribution in [3.63, 3.8) is 0 Å². The van der Waals surface area contributed by atoms with Gasteiger partial charge >= 0.3 is 0 Å². The van der Waals surface area contributed by atoms with Crippen molar-refractivity contribution in [3.05, 3.63) is 0 Å². The second-order valence-corrected chi connectivity index (χ2v) is 18.8. The summed E-state index contributed by atoms with van der Waals surface area (Å²) in [6.45, 7) is 19.7. The van der Waals surface area contributed by atoms with Crippen molar-refractivity contribution >= 4 is 11.8 Å². The summed E-state index contributed by atoms with van der Waals surface area (Å²) in [5.41, 5.74) is -2.26. The molecular weight excluding hydrogens is 659 g/mol. The number of hydrogen-bond donors (Lipinski definition) is 3. The number of nitrogens with zero attached hydrogens (tertiary/aromatic N) is 2. The summed E-state index contributed by atoms with van der Waals surface area (Å²) in [4.78, 5) is 30.6. The van der Waals surface area contributed by atoms with Gasteiger partial charge in [-0.2, -0.15) is 10.4 Å². The van der Waals surface area contributed by atoms with Crippen LogP contribution in [-0.4, -0.2) is 49.8 Å². The van der Waals surface area contributed by atoms with Crippen molar-refractivity contribution in [2.75, 3.05) is 6.54 Å². The lowest BCUT2D eigenvalue weighted by molar-refractivity contribution is -1.28. The third-order valence-electron chi connectivity index (χ3n) is 13.5. The fourth-order valence-corrected chi connectivity index (χ4v) is 10.6. The third kappa shape index (κ3) is 13.8. The highest BCUT2D eigenvalue weighted by Gasteiger charge is 2.70. The lowest BCUT2D eigenvalue weighted by Gasteiger charge is -2.64. The Morgan fingerprint density at radius 2 is 1.04 bits per heavy atom. The van der Waals surface area contributed by atoms with Crippen LogP contribution in [0.25, 0.3) is 0 Å². The molecule has 0 saturated heterocycles. The van der Waals surface area contributed by atoms with E-state index in [1.165, 1.54) is 77.0 Å². The van der Waals surface area contributed by atoms with Crippen LogP contribution in [0.3, 0.4) is 0 Å². The van der Waals surface area contributed by atoms with Crippen molar-refractivity contribution in [2.24, 2.45) is 35.5 Å². The molecule has 0 aromatic rings. The molecule has 3 N–H and O–H groups in total. The van der Waals surface area contributed by atoms with Gasteiger partial charge in [-0.15, -0.1) is 0 Å². The summed E-state index contributed by atoms with van der Waals surface area (Å²) in [7, 11) is 0. The first-order chi connectivity index (χ1) is 25.2. The molecule has 2 rings (SSSR count). The first-order valence-electron chi connectivity index (χ1n) is 23.2. The summed E-state index contributed by atoms with van der Waals surface area (Å²) >= 11 is 0. The van der Waals surface area contributed by atoms with Gasteiger partial charge in [0.15, 0.2) is 0 Å². The molecule has 0 aliphatic heterocycles. The molecule has 0 heterocycles. The van der Waals surface area contributed by atoms with Gasteiger partial charge < -0.3 is 5.32 Å². The SMILES string of the molecule is CCCCCCCCCCCC(=O)NC1(N(C(=O)CCCCCCCCCCC)C2([N+](O)(O)CC)CC(C)CCC2C(C)C)CC(C)CCC1C(C)C. The second-order valence-electron chi connectivity index (χ2n) is 18.8. The maximum absolute atomic E-state index is 15.4. The van der Waals surface area contributed by atoms with E-state index in [0.717, 1.165) is 64.2 Å². The molecule has 2 aliphatic rings. The lowest BCUT2D eigenvalue weighted by atomic mass is 9.63. The van der Waals surface area contributed by atoms with E-state index in [9.17, 15) is 15.2 Å². The summed E-state index contributed by atoms with van der Waals surface area (Å²) in [6, 6.07) is 0. The summed E-state index contributed by atoms with van der Waals surface area (Å²) in [5.74, 6) is 0.724. The molecule has 2 fully saturated rings. The highest BCUT2D eigenvalue weighted by molar-refractivity contribution is 5.81. The quantitative estimate of drug-likeness (QED) is 0.0338. The number of unbranched alkanes of at least 4 members (excludes halogenated alkanes) is 16. The average Bonchev–Trinajstić information content (AvgIpc) is 3.09. The summed E-state index contributed by atoms with van der Waals surface area (Å²) in [5, 5.41) is 28.5. The van der Waals surface area contributed by atoms with Gasteiger partial charge in [-0.3, -0.25) is 14.5 Å². The Bertz CT molecular complexity index is 1020. The first-order valence-corrected chi connectivity index (χ1v) is 23.2. The number of carbonyl (C=O) groups excluding carboxylic acids is 2. The van der Waals surface area contributed by atoms with E-state index in [-0.39, 0.29) is 53.9 Å². The van der Waals surface area contributed by atoms with Gasteiger partial charge in [0.25, 0.3) is 0 Å². The molecular formula is C46H90N3O4+. The fraction of sp³-hybridized carbons (Fsp3) is 0.957. The molecule has 2 saturated carbocycles. The minimum absolute atomic E-state index is 0.00475. The number of nitrogens with one attached hydrogen (secondary N) is 1. The van der Waals surface area contributed by atoms with Gasteiger partial charge in [-0.05, 0) is 73.9 Å². The molecule has 6 unspecified atom stereocenters. The van der Waals surface area contributed by atoms with Gasteiger partial charge in [-0.25, -0.2) is 0 Å². The zero-order chi connectivity index (χ0) is 39.5. The smallest absolute Gasteiger partial charge is 0.243 e. The van der Waals surface area contributed by atoms with Crippen LogP contribution in [0.4, 0.5) is 0 Å². The summed E-state index contributed by atoms with van der Waals surface area (Å²) < 4.78 is 0. The Kier molecular flexibility index (Phi) is 22.1. The number of carbonyl (C=O) groups is 2. The fourth-order valence-electron chi connectivity index (χ4n) is 10.6. The van der Waals surface area contributed by atoms with Crippen LogP contribution in [0.5, 0.6) is 0 Å². The molecule has 0 radical (unpaired) electrons. The Hall–Kier alpha value is -1.18. The standard InChI is InChI=1S/C46H89N3O4/c1-10-13-15-17-19-21-23-25-27-29-43(50)47-45(35-39(8)31-33-41(45)37(4)5)48(44(51)30-28-26-24-22-20-18-16-14-11-2)46(49(52,53)12-3)36-40(9)32-34-42(46)38(6)7/h37-42,52-53H,10-36H2,1-9H3/p+1. The van der Waals surface area contributed by atoms with E-state index in [1.807, 2.05) is 11.8 Å². The van der Waals surface area contributed by atoms with Crippen LogP contribution in [0.1, 0.15) is 229 Å². The Labute approximate surface area is 328 Å². The monoisotopic (exact) mass is 749 g/mol. The van der Waals surface area contributed by atoms with E-state index in [1.54, 1.807) is 0 Å². The van der Waals surface area contributed by atoms with Gasteiger partial charge in [0.2, 0.25) is 17.5 Å². The van der Waals surface area contributed by atoms with E-state index in [0.29, 0.717) is 25.7 Å². The molecule has 7 heteroatoms. The zero-order valence-corrected chi connectivity index (χ0v) is 36.7. The predicted octanol–water partition coefficient (Wildman–Crippen LogP) is 13.0. The van der Waals surface area contributed by atoms with Gasteiger partial charge in [0.1, 0.15) is 12.2 Å². The Morgan fingerprint density at radius 3 is 1.49 bits per heavy atom. The van der Waals surface area contributed by atoms with Crippen LogP contribution < -0.4 is 5.32 Å². The van der Waals surface area contributed by atoms with Crippen LogP contribution in [0.15, 0.2) is 0 Å². The number of amides is 2. The highest BCUT2D eigenvalue weighted by atomic mass is 16.8. The van der Waals surface area contributed by atoms with Crippen molar-refractivity contribution < 1.29 is 24.8 Å². The van der Waals surface area contributed by atoms with Crippen molar-refractivity contribution in [1.29, 1.82) is 0 Å². The minimum Gasteiger partial charge on any atom is -0.333 e. The summed E-state index contributed by atoms with van der Waals surface area (Å²) in [6.07, 6.45) is 27.0. The number of hydrogen-bond acceptors (Lipinski definition) is 4. The molecule has 6 atom stereocenters. The highest BCUT2D eigenvalue weighted by Crippen LogP contribution is 2.55. The predicted molar refractivity (Wildman–Crippen MR) is 221 cm³/mol. The normalized spacial score (nSPS) is 26.7. The molecule has 0 aromatic carbocycles. The van der Waals surface area contributed by atoms with E-state index in [4.69, 9.17) is 0 Å². The van der Waals surface area contributed by atoms with Crippen molar-refractivity contribution in [2.45, 2.75) is 241 Å². The van der Waals surface area contributed by atoms with Gasteiger partial charge in [-0.1, -0.05) is 165 Å². The van der Waals surface area contributed by atoms with Crippen LogP contribution in [0.2, 0.25) is 0 Å². The number of quaternary nitrogens is 1. The Morgan fingerprint density at radius 1 is 0.623 bits per heavy atom. The minimum atomic E-state index is -1.27. The number of hydroxylamine groups is 4. The zero-order valence-electron chi connectivity index (χ0n) is 36.7. The molecule has 2 amide bonds. The van der Waals surface area contributed by atoms with E-state index < -0.39 is 16.1 Å². The van der Waals surface area contributed by atoms with Crippen LogP contribution in [-0.2, 0) is 9.59 Å². The molecule has 0 spiro atoms. The average molecular weight is 749 g/mol. The van der Waals surface area contributed by atoms with E-state index >= 15 is 4.79 Å². The van der Waals surface area contributed by atoms with E-state index in [2.05, 4.69) is 60.7 Å². The van der Waals surface area contributed by atoms with Crippen molar-refractivity contribution in [1.82, 2.24) is 10.2 Å². The van der Waals surface area contributed by atoms with Crippen LogP contribution in [0, 0.1) is 35.5 Å². The first kappa shape index (κ1) is 48.0. The van der Waals surface area contributed by atoms with Gasteiger partial charge in [0, 0.05) is 31.1 Å². The van der Waals surface area contributed by atoms with Crippen LogP contribution >= 0.6 is 0 Å². The largest absolute Gasteiger partial charge is 0.333 e. The van der Waals surface area contributed by atoms with Gasteiger partial charge in [0.05, 0.1) is 0 Å². The second kappa shape index (κ2) is 24.5. The molecule has 53 heavy (non-hydrogen) atoms. The maximum Gasteiger partial charge on any atom is 0.243 e. The molecule has 7 nitrogen and oxygen atoms in total. The Balaban J connectivity index is 2.55. The lowest BCUT2D eigenvalue weighted by Crippen LogP contribution is -2.83. The topological polar surface area (TPSA) is 89.9 Å².